The summed E-state index contributed by atoms with van der Waals surface area (Å²) < 4.78 is 39.2. The van der Waals surface area contributed by atoms with Crippen LogP contribution in [0, 0.1) is 11.6 Å². The number of carbonyl (C=O) groups is 2. The van der Waals surface area contributed by atoms with E-state index in [9.17, 15) is 18.4 Å². The molecular formula is C24H18F2N4O4S. The molecule has 2 heterocycles. The highest BCUT2D eigenvalue weighted by Crippen LogP contribution is 2.31. The lowest BCUT2D eigenvalue weighted by molar-refractivity contribution is 0.0957. The number of thioether (sulfide) groups is 1. The van der Waals surface area contributed by atoms with E-state index in [1.807, 2.05) is 0 Å². The molecule has 0 atom stereocenters. The van der Waals surface area contributed by atoms with Gasteiger partial charge in [0.2, 0.25) is 0 Å². The number of ether oxygens (including phenoxy) is 1. The molecular weight excluding hydrogens is 478 g/mol. The lowest BCUT2D eigenvalue weighted by Crippen LogP contribution is -2.18. The number of pyridine rings is 1. The number of amides is 2. The molecule has 4 aromatic rings. The van der Waals surface area contributed by atoms with Crippen LogP contribution in [0.1, 0.15) is 21.0 Å². The van der Waals surface area contributed by atoms with Crippen LogP contribution in [0.5, 0.6) is 11.5 Å². The molecule has 0 radical (unpaired) electrons. The van der Waals surface area contributed by atoms with E-state index < -0.39 is 23.4 Å². The van der Waals surface area contributed by atoms with Crippen molar-refractivity contribution in [1.29, 1.82) is 0 Å². The van der Waals surface area contributed by atoms with Gasteiger partial charge in [-0.3, -0.25) is 14.6 Å². The summed E-state index contributed by atoms with van der Waals surface area (Å²) in [4.78, 5) is 32.7. The van der Waals surface area contributed by atoms with Gasteiger partial charge in [-0.1, -0.05) is 11.8 Å². The van der Waals surface area contributed by atoms with Crippen molar-refractivity contribution in [2.45, 2.75) is 5.22 Å². The van der Waals surface area contributed by atoms with E-state index in [0.717, 1.165) is 6.07 Å². The highest BCUT2D eigenvalue weighted by Gasteiger charge is 2.22. The molecule has 2 aromatic heterocycles. The molecule has 0 saturated heterocycles. The van der Waals surface area contributed by atoms with Gasteiger partial charge < -0.3 is 19.8 Å². The van der Waals surface area contributed by atoms with E-state index in [-0.39, 0.29) is 39.6 Å². The predicted octanol–water partition coefficient (Wildman–Crippen LogP) is 5.14. The van der Waals surface area contributed by atoms with E-state index in [0.29, 0.717) is 5.56 Å². The second-order valence-electron chi connectivity index (χ2n) is 7.03. The fourth-order valence-electron chi connectivity index (χ4n) is 3.04. The zero-order valence-electron chi connectivity index (χ0n) is 18.5. The number of halogens is 2. The van der Waals surface area contributed by atoms with Crippen molar-refractivity contribution < 1.29 is 27.5 Å². The number of carbonyl (C=O) groups excluding carboxylic acids is 2. The molecule has 0 fully saturated rings. The maximum atomic E-state index is 14.7. The summed E-state index contributed by atoms with van der Waals surface area (Å²) in [6.07, 6.45) is 3.10. The molecule has 0 aliphatic rings. The lowest BCUT2D eigenvalue weighted by Gasteiger charge is -2.10. The Morgan fingerprint density at radius 1 is 1.03 bits per heavy atom. The Morgan fingerprint density at radius 3 is 2.49 bits per heavy atom. The molecule has 0 spiro atoms. The average Bonchev–Trinajstić information content (AvgIpc) is 3.31. The van der Waals surface area contributed by atoms with E-state index in [2.05, 4.69) is 20.6 Å². The van der Waals surface area contributed by atoms with Crippen molar-refractivity contribution in [2.24, 2.45) is 0 Å². The van der Waals surface area contributed by atoms with Crippen LogP contribution in [-0.2, 0) is 0 Å². The molecule has 0 bridgehead atoms. The number of rotatable bonds is 7. The number of anilines is 1. The summed E-state index contributed by atoms with van der Waals surface area (Å²) >= 11 is 1.20. The largest absolute Gasteiger partial charge is 0.454 e. The zero-order chi connectivity index (χ0) is 24.9. The van der Waals surface area contributed by atoms with Crippen LogP contribution in [0.25, 0.3) is 11.3 Å². The SMILES string of the molecule is CNC(=O)c1cc(Oc2ccc(NC(=O)c3nc(SC)oc3-c3ccc(F)cc3)cc2F)ccn1. The van der Waals surface area contributed by atoms with Gasteiger partial charge >= 0.3 is 0 Å². The summed E-state index contributed by atoms with van der Waals surface area (Å²) in [6, 6.07) is 12.1. The van der Waals surface area contributed by atoms with E-state index in [1.54, 1.807) is 6.26 Å². The summed E-state index contributed by atoms with van der Waals surface area (Å²) in [5.74, 6) is -1.96. The first-order chi connectivity index (χ1) is 16.9. The van der Waals surface area contributed by atoms with Crippen LogP contribution >= 0.6 is 11.8 Å². The molecule has 2 aromatic carbocycles. The van der Waals surface area contributed by atoms with Crippen molar-refractivity contribution in [3.63, 3.8) is 0 Å². The van der Waals surface area contributed by atoms with Crippen LogP contribution in [0.15, 0.2) is 70.4 Å². The fourth-order valence-corrected chi connectivity index (χ4v) is 3.39. The Morgan fingerprint density at radius 2 is 1.80 bits per heavy atom. The van der Waals surface area contributed by atoms with Crippen LogP contribution in [0.2, 0.25) is 0 Å². The van der Waals surface area contributed by atoms with E-state index >= 15 is 0 Å². The first-order valence-electron chi connectivity index (χ1n) is 10.2. The molecule has 4 rings (SSSR count). The van der Waals surface area contributed by atoms with Crippen molar-refractivity contribution in [2.75, 3.05) is 18.6 Å². The van der Waals surface area contributed by atoms with Gasteiger partial charge in [0.1, 0.15) is 17.3 Å². The van der Waals surface area contributed by atoms with Crippen molar-refractivity contribution in [3.8, 4) is 22.8 Å². The molecule has 0 unspecified atom stereocenters. The van der Waals surface area contributed by atoms with Crippen LogP contribution in [0.4, 0.5) is 14.5 Å². The Labute approximate surface area is 202 Å². The third-order valence-electron chi connectivity index (χ3n) is 4.71. The maximum absolute atomic E-state index is 14.7. The Balaban J connectivity index is 1.53. The minimum Gasteiger partial charge on any atom is -0.454 e. The van der Waals surface area contributed by atoms with Crippen molar-refractivity contribution in [1.82, 2.24) is 15.3 Å². The molecule has 0 aliphatic heterocycles. The van der Waals surface area contributed by atoms with E-state index in [4.69, 9.17) is 9.15 Å². The quantitative estimate of drug-likeness (QED) is 0.341. The van der Waals surface area contributed by atoms with Gasteiger partial charge in [-0.05, 0) is 48.7 Å². The second kappa shape index (κ2) is 10.3. The predicted molar refractivity (Wildman–Crippen MR) is 126 cm³/mol. The van der Waals surface area contributed by atoms with Crippen molar-refractivity contribution >= 4 is 29.3 Å². The first kappa shape index (κ1) is 23.9. The topological polar surface area (TPSA) is 106 Å². The lowest BCUT2D eigenvalue weighted by atomic mass is 10.1. The minimum absolute atomic E-state index is 0.0276. The normalized spacial score (nSPS) is 10.6. The molecule has 35 heavy (non-hydrogen) atoms. The second-order valence-corrected chi connectivity index (χ2v) is 7.78. The van der Waals surface area contributed by atoms with Gasteiger partial charge in [0.25, 0.3) is 17.0 Å². The van der Waals surface area contributed by atoms with Crippen LogP contribution in [0.3, 0.4) is 0 Å². The number of hydrogen-bond donors (Lipinski definition) is 2. The number of nitrogens with one attached hydrogen (secondary N) is 2. The number of oxazole rings is 1. The number of hydrogen-bond acceptors (Lipinski definition) is 7. The maximum Gasteiger partial charge on any atom is 0.278 e. The van der Waals surface area contributed by atoms with Gasteiger partial charge in [-0.25, -0.2) is 8.78 Å². The molecule has 178 valence electrons. The molecule has 11 heteroatoms. The van der Waals surface area contributed by atoms with Crippen LogP contribution < -0.4 is 15.4 Å². The average molecular weight is 496 g/mol. The molecule has 2 amide bonds. The Kier molecular flexibility index (Phi) is 7.06. The standard InChI is InChI=1S/C24H18F2N4O4S/c1-27-22(31)18-12-16(9-10-28-18)33-19-8-7-15(11-17(19)26)29-23(32)20-21(34-24(30-20)35-2)13-3-5-14(25)6-4-13/h3-12H,1-2H3,(H,27,31)(H,29,32). The molecule has 0 aliphatic carbocycles. The monoisotopic (exact) mass is 496 g/mol. The first-order valence-corrected chi connectivity index (χ1v) is 11.4. The fraction of sp³-hybridized carbons (Fsp3) is 0.0833. The van der Waals surface area contributed by atoms with Crippen LogP contribution in [-0.4, -0.2) is 35.1 Å². The van der Waals surface area contributed by atoms with Gasteiger partial charge in [-0.15, -0.1) is 0 Å². The highest BCUT2D eigenvalue weighted by molar-refractivity contribution is 7.98. The Bertz CT molecular complexity index is 1390. The third-order valence-corrected chi connectivity index (χ3v) is 5.24. The zero-order valence-corrected chi connectivity index (χ0v) is 19.3. The highest BCUT2D eigenvalue weighted by atomic mass is 32.2. The number of benzene rings is 2. The van der Waals surface area contributed by atoms with Gasteiger partial charge in [-0.2, -0.15) is 4.98 Å². The Hall–Kier alpha value is -4.25. The number of nitrogens with zero attached hydrogens (tertiary/aromatic N) is 2. The summed E-state index contributed by atoms with van der Waals surface area (Å²) in [7, 11) is 1.47. The van der Waals surface area contributed by atoms with Gasteiger partial charge in [0.15, 0.2) is 23.0 Å². The minimum atomic E-state index is -0.746. The molecule has 2 N–H and O–H groups in total. The summed E-state index contributed by atoms with van der Waals surface area (Å²) in [6.45, 7) is 0. The van der Waals surface area contributed by atoms with Crippen molar-refractivity contribution in [3.05, 3.63) is 83.8 Å². The molecule has 0 saturated carbocycles. The number of aromatic nitrogens is 2. The van der Waals surface area contributed by atoms with Gasteiger partial charge in [0.05, 0.1) is 0 Å². The van der Waals surface area contributed by atoms with Gasteiger partial charge in [0, 0.05) is 36.6 Å². The third kappa shape index (κ3) is 5.46. The summed E-state index contributed by atoms with van der Waals surface area (Å²) in [5, 5.41) is 5.27. The summed E-state index contributed by atoms with van der Waals surface area (Å²) in [5.41, 5.74) is 0.704. The smallest absolute Gasteiger partial charge is 0.278 e. The van der Waals surface area contributed by atoms with E-state index in [1.165, 1.54) is 73.5 Å². The molecule has 8 nitrogen and oxygen atoms in total.